The van der Waals surface area contributed by atoms with E-state index in [0.29, 0.717) is 10.5 Å². The molecule has 0 bridgehead atoms. The van der Waals surface area contributed by atoms with Crippen LogP contribution in [-0.2, 0) is 42.9 Å². The second-order valence-electron chi connectivity index (χ2n) is 12.8. The third-order valence-corrected chi connectivity index (χ3v) is 8.72. The van der Waals surface area contributed by atoms with E-state index >= 15 is 0 Å². The number of aryl methyl sites for hydroxylation is 1. The van der Waals surface area contributed by atoms with E-state index in [9.17, 15) is 33.5 Å². The Kier molecular flexibility index (Phi) is 11.5. The lowest BCUT2D eigenvalue weighted by atomic mass is 9.80. The fourth-order valence-electron chi connectivity index (χ4n) is 5.38. The lowest BCUT2D eigenvalue weighted by molar-refractivity contribution is -0.177. The van der Waals surface area contributed by atoms with Gasteiger partial charge in [-0.25, -0.2) is 14.0 Å². The summed E-state index contributed by atoms with van der Waals surface area (Å²) in [6.07, 6.45) is -2.33. The fourth-order valence-corrected chi connectivity index (χ4v) is 6.64. The first-order chi connectivity index (χ1) is 20.9. The van der Waals surface area contributed by atoms with Crippen molar-refractivity contribution in [3.05, 3.63) is 29.6 Å². The highest BCUT2D eigenvalue weighted by Crippen LogP contribution is 2.66. The van der Waals surface area contributed by atoms with Crippen molar-refractivity contribution in [1.29, 1.82) is 0 Å². The zero-order chi connectivity index (χ0) is 33.9. The molecule has 2 aliphatic rings. The molecule has 12 nitrogen and oxygen atoms in total. The molecule has 3 rings (SSSR count). The molecule has 14 heteroatoms. The minimum absolute atomic E-state index is 0.0314. The van der Waals surface area contributed by atoms with E-state index < -0.39 is 102 Å². The van der Waals surface area contributed by atoms with Crippen LogP contribution in [0.3, 0.4) is 0 Å². The van der Waals surface area contributed by atoms with Gasteiger partial charge in [-0.1, -0.05) is 27.7 Å². The third kappa shape index (κ3) is 8.46. The molecule has 0 aromatic heterocycles. The van der Waals surface area contributed by atoms with Crippen LogP contribution in [0.2, 0.25) is 0 Å². The van der Waals surface area contributed by atoms with Crippen molar-refractivity contribution in [2.24, 2.45) is 35.5 Å². The van der Waals surface area contributed by atoms with Gasteiger partial charge in [0.1, 0.15) is 11.4 Å². The van der Waals surface area contributed by atoms with Gasteiger partial charge in [0.05, 0.1) is 23.9 Å². The summed E-state index contributed by atoms with van der Waals surface area (Å²) in [7, 11) is 0. The number of carbonyl (C=O) groups is 5. The molecule has 45 heavy (non-hydrogen) atoms. The summed E-state index contributed by atoms with van der Waals surface area (Å²) in [6.45, 7) is 11.4. The first-order valence-corrected chi connectivity index (χ1v) is 15.6. The van der Waals surface area contributed by atoms with Crippen molar-refractivity contribution in [2.45, 2.75) is 77.5 Å². The summed E-state index contributed by atoms with van der Waals surface area (Å²) in [5, 5.41) is 14.2. The van der Waals surface area contributed by atoms with Crippen LogP contribution in [0.1, 0.15) is 54.0 Å². The maximum Gasteiger partial charge on any atom is 0.408 e. The highest BCUT2D eigenvalue weighted by molar-refractivity contribution is 7.99. The Hall–Kier alpha value is -3.39. The van der Waals surface area contributed by atoms with Crippen LogP contribution in [0.5, 0.6) is 0 Å². The van der Waals surface area contributed by atoms with Crippen molar-refractivity contribution < 1.29 is 57.2 Å². The molecule has 6 atom stereocenters. The van der Waals surface area contributed by atoms with Crippen molar-refractivity contribution in [2.75, 3.05) is 19.3 Å². The summed E-state index contributed by atoms with van der Waals surface area (Å²) in [5.41, 5.74) is -2.62. The fraction of sp³-hybridized carbons (Fsp3) is 0.645. The number of halogens is 1. The lowest BCUT2D eigenvalue weighted by Gasteiger charge is -2.38. The minimum atomic E-state index is -2.03. The Bertz CT molecular complexity index is 1300. The Morgan fingerprint density at radius 1 is 0.978 bits per heavy atom. The SMILES string of the molecule is Cc1cc(SC[C@@H]2[C@@H](O)[C@H]3[C@H](C(=O)OCOC(=O)C(C)C)[C@H]3[C@]2(NC(=O)OC(C)(C)C)C(=O)OCOC(=O)C(C)C)ccc1F. The number of benzene rings is 1. The summed E-state index contributed by atoms with van der Waals surface area (Å²) in [5.74, 6) is -8.44. The van der Waals surface area contributed by atoms with Gasteiger partial charge in [0.2, 0.25) is 13.6 Å². The monoisotopic (exact) mass is 655 g/mol. The second kappa shape index (κ2) is 14.4. The number of rotatable bonds is 12. The molecule has 0 heterocycles. The topological polar surface area (TPSA) is 164 Å². The van der Waals surface area contributed by atoms with Gasteiger partial charge in [-0.05, 0) is 51.5 Å². The number of thioether (sulfide) groups is 1. The normalized spacial score (nSPS) is 25.3. The van der Waals surface area contributed by atoms with Gasteiger partial charge in [-0.15, -0.1) is 11.8 Å². The quantitative estimate of drug-likeness (QED) is 0.145. The van der Waals surface area contributed by atoms with Crippen molar-refractivity contribution in [1.82, 2.24) is 5.32 Å². The number of alkyl carbamates (subject to hydrolysis) is 1. The molecule has 0 unspecified atom stereocenters. The second-order valence-corrected chi connectivity index (χ2v) is 13.9. The van der Waals surface area contributed by atoms with E-state index in [-0.39, 0.29) is 5.75 Å². The third-order valence-electron chi connectivity index (χ3n) is 7.61. The zero-order valence-corrected chi connectivity index (χ0v) is 27.5. The maximum atomic E-state index is 14.0. The number of ether oxygens (including phenoxy) is 5. The number of hydrogen-bond acceptors (Lipinski definition) is 12. The molecule has 0 spiro atoms. The number of amides is 1. The van der Waals surface area contributed by atoms with Gasteiger partial charge in [-0.2, -0.15) is 0 Å². The van der Waals surface area contributed by atoms with Gasteiger partial charge in [0, 0.05) is 28.4 Å². The molecule has 2 N–H and O–H groups in total. The molecule has 0 aliphatic heterocycles. The molecule has 1 aromatic carbocycles. The Morgan fingerprint density at radius 2 is 1.56 bits per heavy atom. The summed E-state index contributed by atoms with van der Waals surface area (Å²) >= 11 is 1.20. The van der Waals surface area contributed by atoms with Crippen LogP contribution >= 0.6 is 11.8 Å². The molecule has 1 aromatic rings. The Labute approximate surface area is 266 Å². The van der Waals surface area contributed by atoms with E-state index in [1.807, 2.05) is 0 Å². The van der Waals surface area contributed by atoms with Crippen LogP contribution in [0.15, 0.2) is 23.1 Å². The smallest absolute Gasteiger partial charge is 0.408 e. The van der Waals surface area contributed by atoms with Crippen molar-refractivity contribution in [3.8, 4) is 0 Å². The molecule has 250 valence electrons. The Balaban J connectivity index is 1.96. The van der Waals surface area contributed by atoms with E-state index in [1.54, 1.807) is 67.5 Å². The summed E-state index contributed by atoms with van der Waals surface area (Å²) in [4.78, 5) is 64.8. The van der Waals surface area contributed by atoms with Crippen molar-refractivity contribution in [3.63, 3.8) is 0 Å². The molecule has 0 saturated heterocycles. The van der Waals surface area contributed by atoms with Gasteiger partial charge >= 0.3 is 30.0 Å². The van der Waals surface area contributed by atoms with Crippen LogP contribution in [0, 0.1) is 48.2 Å². The highest BCUT2D eigenvalue weighted by atomic mass is 32.2. The predicted octanol–water partition coefficient (Wildman–Crippen LogP) is 3.74. The molecule has 0 radical (unpaired) electrons. The van der Waals surface area contributed by atoms with Gasteiger partial charge in [-0.3, -0.25) is 14.4 Å². The summed E-state index contributed by atoms with van der Waals surface area (Å²) in [6, 6.07) is 4.44. The van der Waals surface area contributed by atoms with Gasteiger partial charge < -0.3 is 34.1 Å². The first-order valence-electron chi connectivity index (χ1n) is 14.7. The first kappa shape index (κ1) is 36.1. The number of fused-ring (bicyclic) bond motifs is 1. The number of esters is 4. The van der Waals surface area contributed by atoms with Gasteiger partial charge in [0.15, 0.2) is 5.54 Å². The average molecular weight is 656 g/mol. The van der Waals surface area contributed by atoms with Crippen LogP contribution in [0.4, 0.5) is 9.18 Å². The lowest BCUT2D eigenvalue weighted by Crippen LogP contribution is -2.63. The zero-order valence-electron chi connectivity index (χ0n) is 26.7. The minimum Gasteiger partial charge on any atom is -0.444 e. The molecule has 2 saturated carbocycles. The van der Waals surface area contributed by atoms with Crippen LogP contribution < -0.4 is 5.32 Å². The standard InChI is InChI=1S/C31H42FNO11S/c1-15(2)25(35)40-13-42-27(37)22-21-23(22)31(33-29(39)44-30(6,7)8,28(38)43-14-41-26(36)16(3)4)19(24(21)34)12-45-18-9-10-20(32)17(5)11-18/h9-11,15-16,19,21-24,34H,12-14H2,1-8H3,(H,33,39)/t19-,21+,22+,23+,24-,31+/m1/s1. The van der Waals surface area contributed by atoms with Crippen molar-refractivity contribution >= 4 is 41.7 Å². The average Bonchev–Trinajstić information content (AvgIpc) is 3.63. The van der Waals surface area contributed by atoms with E-state index in [2.05, 4.69) is 5.32 Å². The maximum absolute atomic E-state index is 14.0. The molecule has 2 fully saturated rings. The Morgan fingerprint density at radius 3 is 2.09 bits per heavy atom. The number of aliphatic hydroxyl groups excluding tert-OH is 1. The largest absolute Gasteiger partial charge is 0.444 e. The number of hydrogen-bond donors (Lipinski definition) is 2. The molecule has 1 amide bonds. The van der Waals surface area contributed by atoms with E-state index in [0.717, 1.165) is 0 Å². The molecular formula is C31H42FNO11S. The number of aliphatic hydroxyl groups is 1. The van der Waals surface area contributed by atoms with Crippen LogP contribution in [-0.4, -0.2) is 71.7 Å². The van der Waals surface area contributed by atoms with E-state index in [1.165, 1.54) is 17.8 Å². The molecular weight excluding hydrogens is 613 g/mol. The number of nitrogens with one attached hydrogen (secondary N) is 1. The highest BCUT2D eigenvalue weighted by Gasteiger charge is 2.80. The van der Waals surface area contributed by atoms with Gasteiger partial charge in [0.25, 0.3) is 0 Å². The summed E-state index contributed by atoms with van der Waals surface area (Å²) < 4.78 is 39.8. The van der Waals surface area contributed by atoms with Crippen LogP contribution in [0.25, 0.3) is 0 Å². The number of carbonyl (C=O) groups excluding carboxylic acids is 5. The van der Waals surface area contributed by atoms with E-state index in [4.69, 9.17) is 23.7 Å². The molecule has 2 aliphatic carbocycles. The predicted molar refractivity (Wildman–Crippen MR) is 158 cm³/mol.